The number of carbonyl (C=O) groups is 1. The zero-order chi connectivity index (χ0) is 21.0. The maximum absolute atomic E-state index is 12.0. The maximum Gasteiger partial charge on any atom is 0.334 e. The number of esters is 1. The Hall–Kier alpha value is -3.19. The maximum atomic E-state index is 12.0. The standard InChI is InChI=1S/C21H20ClN3O4/c1-13(20(26)28-21(2,3)4)11-18-24-19(25-29-18)14-5-8-16(9-6-14)27-17-10-7-15(22)12-23-17/h5-10,12H,1,11H2,2-4H3. The molecule has 1 aromatic carbocycles. The minimum Gasteiger partial charge on any atom is -0.457 e. The quantitative estimate of drug-likeness (QED) is 0.414. The van der Waals surface area contributed by atoms with Crippen molar-refractivity contribution in [1.29, 1.82) is 0 Å². The summed E-state index contributed by atoms with van der Waals surface area (Å²) in [5.74, 6) is 1.22. The van der Waals surface area contributed by atoms with Crippen LogP contribution in [0.2, 0.25) is 5.02 Å². The van der Waals surface area contributed by atoms with Crippen molar-refractivity contribution in [1.82, 2.24) is 15.1 Å². The van der Waals surface area contributed by atoms with Gasteiger partial charge in [0.25, 0.3) is 0 Å². The summed E-state index contributed by atoms with van der Waals surface area (Å²) in [6.45, 7) is 9.11. The van der Waals surface area contributed by atoms with Crippen molar-refractivity contribution in [3.63, 3.8) is 0 Å². The van der Waals surface area contributed by atoms with Crippen LogP contribution in [0.3, 0.4) is 0 Å². The first-order valence-electron chi connectivity index (χ1n) is 8.83. The van der Waals surface area contributed by atoms with Gasteiger partial charge >= 0.3 is 5.97 Å². The number of hydrogen-bond acceptors (Lipinski definition) is 7. The predicted octanol–water partition coefficient (Wildman–Crippen LogP) is 5.02. The molecule has 2 aromatic heterocycles. The fraction of sp³-hybridized carbons (Fsp3) is 0.238. The number of aromatic nitrogens is 3. The predicted molar refractivity (Wildman–Crippen MR) is 108 cm³/mol. The fourth-order valence-corrected chi connectivity index (χ4v) is 2.38. The van der Waals surface area contributed by atoms with Crippen LogP contribution in [0.25, 0.3) is 11.4 Å². The van der Waals surface area contributed by atoms with Crippen LogP contribution in [0, 0.1) is 0 Å². The van der Waals surface area contributed by atoms with E-state index in [0.29, 0.717) is 22.5 Å². The van der Waals surface area contributed by atoms with E-state index < -0.39 is 11.6 Å². The Morgan fingerprint density at radius 1 is 1.17 bits per heavy atom. The lowest BCUT2D eigenvalue weighted by Gasteiger charge is -2.19. The van der Waals surface area contributed by atoms with Crippen LogP contribution in [-0.2, 0) is 16.0 Å². The number of rotatable bonds is 6. The molecule has 8 heteroatoms. The van der Waals surface area contributed by atoms with Gasteiger partial charge in [-0.1, -0.05) is 23.3 Å². The summed E-state index contributed by atoms with van der Waals surface area (Å²) >= 11 is 5.81. The van der Waals surface area contributed by atoms with Crippen LogP contribution < -0.4 is 4.74 Å². The van der Waals surface area contributed by atoms with E-state index in [-0.39, 0.29) is 17.9 Å². The van der Waals surface area contributed by atoms with Crippen molar-refractivity contribution in [2.75, 3.05) is 0 Å². The van der Waals surface area contributed by atoms with Gasteiger partial charge in [0.2, 0.25) is 17.6 Å². The molecule has 0 bridgehead atoms. The van der Waals surface area contributed by atoms with Gasteiger partial charge in [0, 0.05) is 23.4 Å². The molecule has 0 aliphatic carbocycles. The lowest BCUT2D eigenvalue weighted by molar-refractivity contribution is -0.150. The highest BCUT2D eigenvalue weighted by Gasteiger charge is 2.20. The van der Waals surface area contributed by atoms with E-state index in [0.717, 1.165) is 5.56 Å². The van der Waals surface area contributed by atoms with Crippen LogP contribution in [0.4, 0.5) is 0 Å². The lowest BCUT2D eigenvalue weighted by Crippen LogP contribution is -2.25. The first-order chi connectivity index (χ1) is 13.7. The third-order valence-electron chi connectivity index (χ3n) is 3.56. The minimum atomic E-state index is -0.592. The molecule has 3 rings (SSSR count). The number of benzene rings is 1. The van der Waals surface area contributed by atoms with E-state index >= 15 is 0 Å². The molecule has 29 heavy (non-hydrogen) atoms. The first-order valence-corrected chi connectivity index (χ1v) is 9.21. The molecule has 0 unspecified atom stereocenters. The average molecular weight is 414 g/mol. The highest BCUT2D eigenvalue weighted by molar-refractivity contribution is 6.30. The summed E-state index contributed by atoms with van der Waals surface area (Å²) in [5.41, 5.74) is 0.388. The largest absolute Gasteiger partial charge is 0.457 e. The Kier molecular flexibility index (Phi) is 5.98. The number of halogens is 1. The summed E-state index contributed by atoms with van der Waals surface area (Å²) < 4.78 is 16.2. The molecule has 2 heterocycles. The third-order valence-corrected chi connectivity index (χ3v) is 3.78. The first kappa shape index (κ1) is 20.5. The average Bonchev–Trinajstić information content (AvgIpc) is 3.11. The third kappa shape index (κ3) is 5.89. The molecule has 7 nitrogen and oxygen atoms in total. The lowest BCUT2D eigenvalue weighted by atomic mass is 10.1. The van der Waals surface area contributed by atoms with Gasteiger partial charge in [-0.3, -0.25) is 0 Å². The molecule has 0 saturated carbocycles. The molecule has 0 amide bonds. The zero-order valence-electron chi connectivity index (χ0n) is 16.3. The van der Waals surface area contributed by atoms with E-state index in [9.17, 15) is 4.79 Å². The fourth-order valence-electron chi connectivity index (χ4n) is 2.26. The normalized spacial score (nSPS) is 11.2. The molecular formula is C21H20ClN3O4. The molecule has 3 aromatic rings. The summed E-state index contributed by atoms with van der Waals surface area (Å²) in [6.07, 6.45) is 1.63. The number of pyridine rings is 1. The van der Waals surface area contributed by atoms with Crippen molar-refractivity contribution in [2.45, 2.75) is 32.8 Å². The van der Waals surface area contributed by atoms with E-state index in [1.807, 2.05) is 0 Å². The van der Waals surface area contributed by atoms with E-state index in [4.69, 9.17) is 25.6 Å². The molecule has 0 spiro atoms. The number of hydrogen-bond donors (Lipinski definition) is 0. The van der Waals surface area contributed by atoms with Crippen LogP contribution in [0.5, 0.6) is 11.6 Å². The highest BCUT2D eigenvalue weighted by atomic mass is 35.5. The Labute approximate surface area is 173 Å². The minimum absolute atomic E-state index is 0.116. The zero-order valence-corrected chi connectivity index (χ0v) is 17.1. The van der Waals surface area contributed by atoms with Gasteiger partial charge in [-0.15, -0.1) is 0 Å². The van der Waals surface area contributed by atoms with Crippen molar-refractivity contribution >= 4 is 17.6 Å². The molecule has 0 saturated heterocycles. The molecule has 0 aliphatic rings. The highest BCUT2D eigenvalue weighted by Crippen LogP contribution is 2.24. The second kappa shape index (κ2) is 8.45. The Bertz CT molecular complexity index is 1010. The van der Waals surface area contributed by atoms with Gasteiger partial charge in [-0.2, -0.15) is 4.98 Å². The van der Waals surface area contributed by atoms with Crippen LogP contribution >= 0.6 is 11.6 Å². The Balaban J connectivity index is 1.63. The summed E-state index contributed by atoms with van der Waals surface area (Å²) in [5, 5.41) is 4.49. The van der Waals surface area contributed by atoms with Gasteiger partial charge in [0.1, 0.15) is 11.4 Å². The number of carbonyl (C=O) groups excluding carboxylic acids is 1. The van der Waals surface area contributed by atoms with Crippen LogP contribution in [0.15, 0.2) is 59.3 Å². The van der Waals surface area contributed by atoms with Gasteiger partial charge in [0.05, 0.1) is 11.4 Å². The molecular weight excluding hydrogens is 394 g/mol. The second-order valence-electron chi connectivity index (χ2n) is 7.24. The van der Waals surface area contributed by atoms with Crippen LogP contribution in [-0.4, -0.2) is 26.7 Å². The Morgan fingerprint density at radius 2 is 1.90 bits per heavy atom. The Morgan fingerprint density at radius 3 is 2.52 bits per heavy atom. The van der Waals surface area contributed by atoms with Crippen molar-refractivity contribution < 1.29 is 18.8 Å². The van der Waals surface area contributed by atoms with Gasteiger partial charge < -0.3 is 14.0 Å². The molecule has 150 valence electrons. The van der Waals surface area contributed by atoms with Gasteiger partial charge in [-0.05, 0) is 51.1 Å². The second-order valence-corrected chi connectivity index (χ2v) is 7.67. The van der Waals surface area contributed by atoms with Crippen molar-refractivity contribution in [3.8, 4) is 23.0 Å². The topological polar surface area (TPSA) is 87.3 Å². The number of ether oxygens (including phenoxy) is 2. The van der Waals surface area contributed by atoms with Crippen molar-refractivity contribution in [2.24, 2.45) is 0 Å². The van der Waals surface area contributed by atoms with Gasteiger partial charge in [0.15, 0.2) is 0 Å². The molecule has 0 aliphatic heterocycles. The summed E-state index contributed by atoms with van der Waals surface area (Å²) in [7, 11) is 0. The van der Waals surface area contributed by atoms with Crippen LogP contribution in [0.1, 0.15) is 26.7 Å². The molecule has 0 radical (unpaired) electrons. The summed E-state index contributed by atoms with van der Waals surface area (Å²) in [6, 6.07) is 10.5. The smallest absolute Gasteiger partial charge is 0.334 e. The molecule has 0 atom stereocenters. The van der Waals surface area contributed by atoms with Gasteiger partial charge in [-0.25, -0.2) is 9.78 Å². The van der Waals surface area contributed by atoms with E-state index in [2.05, 4.69) is 21.7 Å². The van der Waals surface area contributed by atoms with E-state index in [1.165, 1.54) is 6.20 Å². The monoisotopic (exact) mass is 413 g/mol. The van der Waals surface area contributed by atoms with Crippen molar-refractivity contribution in [3.05, 3.63) is 65.7 Å². The number of nitrogens with zero attached hydrogens (tertiary/aromatic N) is 3. The summed E-state index contributed by atoms with van der Waals surface area (Å²) in [4.78, 5) is 20.4. The SMILES string of the molecule is C=C(Cc1nc(-c2ccc(Oc3ccc(Cl)cn3)cc2)no1)C(=O)OC(C)(C)C. The molecule has 0 N–H and O–H groups in total. The molecule has 0 fully saturated rings. The van der Waals surface area contributed by atoms with E-state index in [1.54, 1.807) is 57.2 Å².